The summed E-state index contributed by atoms with van der Waals surface area (Å²) in [5.74, 6) is -0.964. The standard InChI is InChI=1S/C14H13F2N3S/c15-10-7-12-13(8-11(10)16)19(4-3-17)14(18-12)6-9-2-1-5-20-9/h1-2,5,7-8H,3-4,6,17H2. The Balaban J connectivity index is 2.12. The third-order valence-electron chi connectivity index (χ3n) is 3.13. The second kappa shape index (κ2) is 5.30. The zero-order valence-corrected chi connectivity index (χ0v) is 11.5. The van der Waals surface area contributed by atoms with Crippen LogP contribution < -0.4 is 5.73 Å². The van der Waals surface area contributed by atoms with E-state index in [9.17, 15) is 8.78 Å². The first-order valence-electron chi connectivity index (χ1n) is 6.25. The maximum atomic E-state index is 13.4. The average molecular weight is 293 g/mol. The number of benzene rings is 1. The minimum Gasteiger partial charge on any atom is -0.329 e. The summed E-state index contributed by atoms with van der Waals surface area (Å²) < 4.78 is 28.6. The van der Waals surface area contributed by atoms with E-state index in [4.69, 9.17) is 5.73 Å². The molecule has 0 aliphatic rings. The van der Waals surface area contributed by atoms with Crippen molar-refractivity contribution in [3.05, 3.63) is 52.0 Å². The highest BCUT2D eigenvalue weighted by Crippen LogP contribution is 2.22. The molecule has 3 aromatic rings. The number of aromatic nitrogens is 2. The molecule has 2 N–H and O–H groups in total. The minimum absolute atomic E-state index is 0.419. The van der Waals surface area contributed by atoms with Crippen molar-refractivity contribution in [1.82, 2.24) is 9.55 Å². The molecule has 0 saturated carbocycles. The molecule has 0 bridgehead atoms. The summed E-state index contributed by atoms with van der Waals surface area (Å²) in [6, 6.07) is 6.30. The van der Waals surface area contributed by atoms with Crippen molar-refractivity contribution in [2.24, 2.45) is 5.73 Å². The molecule has 104 valence electrons. The summed E-state index contributed by atoms with van der Waals surface area (Å²) >= 11 is 1.63. The van der Waals surface area contributed by atoms with Crippen LogP contribution in [0.4, 0.5) is 8.78 Å². The number of fused-ring (bicyclic) bond motifs is 1. The summed E-state index contributed by atoms with van der Waals surface area (Å²) in [5, 5.41) is 1.99. The predicted octanol–water partition coefficient (Wildman–Crippen LogP) is 2.93. The first-order chi connectivity index (χ1) is 9.69. The molecule has 0 unspecified atom stereocenters. The van der Waals surface area contributed by atoms with E-state index < -0.39 is 11.6 Å². The highest BCUT2D eigenvalue weighted by molar-refractivity contribution is 7.09. The van der Waals surface area contributed by atoms with Crippen LogP contribution in [0.25, 0.3) is 11.0 Å². The van der Waals surface area contributed by atoms with Crippen LogP contribution in [0.5, 0.6) is 0 Å². The van der Waals surface area contributed by atoms with Gasteiger partial charge in [0.15, 0.2) is 11.6 Å². The van der Waals surface area contributed by atoms with Crippen molar-refractivity contribution < 1.29 is 8.78 Å². The molecule has 0 saturated heterocycles. The fraction of sp³-hybridized carbons (Fsp3) is 0.214. The van der Waals surface area contributed by atoms with Crippen molar-refractivity contribution in [3.63, 3.8) is 0 Å². The van der Waals surface area contributed by atoms with Crippen LogP contribution in [-0.4, -0.2) is 16.1 Å². The lowest BCUT2D eigenvalue weighted by molar-refractivity contribution is 0.510. The van der Waals surface area contributed by atoms with E-state index in [0.29, 0.717) is 30.5 Å². The van der Waals surface area contributed by atoms with E-state index >= 15 is 0 Å². The van der Waals surface area contributed by atoms with Crippen LogP contribution in [0.2, 0.25) is 0 Å². The molecule has 1 aromatic carbocycles. The summed E-state index contributed by atoms with van der Waals surface area (Å²) in [6.07, 6.45) is 0.635. The second-order valence-corrected chi connectivity index (χ2v) is 5.51. The van der Waals surface area contributed by atoms with Crippen LogP contribution in [-0.2, 0) is 13.0 Å². The van der Waals surface area contributed by atoms with E-state index in [1.807, 2.05) is 22.1 Å². The molecule has 0 amide bonds. The molecule has 0 atom stereocenters. The van der Waals surface area contributed by atoms with Gasteiger partial charge in [-0.05, 0) is 11.4 Å². The lowest BCUT2D eigenvalue weighted by Gasteiger charge is -2.06. The molecule has 6 heteroatoms. The van der Waals surface area contributed by atoms with Gasteiger partial charge in [0.1, 0.15) is 5.82 Å². The fourth-order valence-corrected chi connectivity index (χ4v) is 2.95. The van der Waals surface area contributed by atoms with Crippen LogP contribution in [0.15, 0.2) is 29.6 Å². The van der Waals surface area contributed by atoms with E-state index in [2.05, 4.69) is 4.98 Å². The fourth-order valence-electron chi connectivity index (χ4n) is 2.25. The molecular formula is C14H13F2N3S. The molecule has 0 radical (unpaired) electrons. The van der Waals surface area contributed by atoms with Gasteiger partial charge in [0, 0.05) is 36.5 Å². The average Bonchev–Trinajstić information content (AvgIpc) is 3.02. The number of rotatable bonds is 4. The van der Waals surface area contributed by atoms with Crippen molar-refractivity contribution >= 4 is 22.4 Å². The number of thiophene rings is 1. The Morgan fingerprint density at radius 2 is 2.05 bits per heavy atom. The number of halogens is 2. The smallest absolute Gasteiger partial charge is 0.161 e. The van der Waals surface area contributed by atoms with Gasteiger partial charge in [-0.25, -0.2) is 13.8 Å². The molecule has 2 heterocycles. The van der Waals surface area contributed by atoms with Crippen molar-refractivity contribution in [2.45, 2.75) is 13.0 Å². The third kappa shape index (κ3) is 2.32. The molecule has 20 heavy (non-hydrogen) atoms. The Hall–Kier alpha value is -1.79. The number of hydrogen-bond donors (Lipinski definition) is 1. The highest BCUT2D eigenvalue weighted by atomic mass is 32.1. The summed E-state index contributed by atoms with van der Waals surface area (Å²) in [7, 11) is 0. The number of hydrogen-bond acceptors (Lipinski definition) is 3. The molecule has 0 aliphatic carbocycles. The van der Waals surface area contributed by atoms with Gasteiger partial charge >= 0.3 is 0 Å². The topological polar surface area (TPSA) is 43.8 Å². The van der Waals surface area contributed by atoms with Gasteiger partial charge in [0.25, 0.3) is 0 Å². The Kier molecular flexibility index (Phi) is 3.50. The van der Waals surface area contributed by atoms with Gasteiger partial charge in [-0.3, -0.25) is 0 Å². The van der Waals surface area contributed by atoms with Crippen molar-refractivity contribution in [2.75, 3.05) is 6.54 Å². The van der Waals surface area contributed by atoms with Crippen LogP contribution >= 0.6 is 11.3 Å². The lowest BCUT2D eigenvalue weighted by Crippen LogP contribution is -2.12. The van der Waals surface area contributed by atoms with Crippen molar-refractivity contribution in [1.29, 1.82) is 0 Å². The quantitative estimate of drug-likeness (QED) is 0.804. The third-order valence-corrected chi connectivity index (χ3v) is 4.01. The van der Waals surface area contributed by atoms with E-state index in [0.717, 1.165) is 16.8 Å². The minimum atomic E-state index is -0.877. The largest absolute Gasteiger partial charge is 0.329 e. The Labute approximate surface area is 118 Å². The van der Waals surface area contributed by atoms with E-state index in [1.165, 1.54) is 6.07 Å². The van der Waals surface area contributed by atoms with Crippen LogP contribution in [0.1, 0.15) is 10.7 Å². The summed E-state index contributed by atoms with van der Waals surface area (Å²) in [6.45, 7) is 0.949. The summed E-state index contributed by atoms with van der Waals surface area (Å²) in [4.78, 5) is 5.57. The molecule has 0 fully saturated rings. The molecule has 2 aromatic heterocycles. The van der Waals surface area contributed by atoms with Gasteiger partial charge in [0.05, 0.1) is 11.0 Å². The molecule has 0 spiro atoms. The SMILES string of the molecule is NCCn1c(Cc2cccs2)nc2cc(F)c(F)cc21. The Bertz CT molecular complexity index is 735. The first kappa shape index (κ1) is 13.2. The molecule has 0 aliphatic heterocycles. The molecule has 3 rings (SSSR count). The van der Waals surface area contributed by atoms with E-state index in [1.54, 1.807) is 11.3 Å². The van der Waals surface area contributed by atoms with Gasteiger partial charge in [-0.2, -0.15) is 0 Å². The van der Waals surface area contributed by atoms with Crippen LogP contribution in [0, 0.1) is 11.6 Å². The number of nitrogens with two attached hydrogens (primary N) is 1. The number of imidazole rings is 1. The maximum absolute atomic E-state index is 13.4. The first-order valence-corrected chi connectivity index (χ1v) is 7.13. The zero-order chi connectivity index (χ0) is 14.1. The summed E-state index contributed by atoms with van der Waals surface area (Å²) in [5.41, 5.74) is 6.65. The van der Waals surface area contributed by atoms with Gasteiger partial charge in [-0.1, -0.05) is 6.07 Å². The molecule has 3 nitrogen and oxygen atoms in total. The van der Waals surface area contributed by atoms with Crippen LogP contribution in [0.3, 0.4) is 0 Å². The Morgan fingerprint density at radius 1 is 1.25 bits per heavy atom. The van der Waals surface area contributed by atoms with Gasteiger partial charge < -0.3 is 10.3 Å². The zero-order valence-electron chi connectivity index (χ0n) is 10.6. The molecular weight excluding hydrogens is 280 g/mol. The van der Waals surface area contributed by atoms with Crippen molar-refractivity contribution in [3.8, 4) is 0 Å². The maximum Gasteiger partial charge on any atom is 0.161 e. The second-order valence-electron chi connectivity index (χ2n) is 4.48. The monoisotopic (exact) mass is 293 g/mol. The van der Waals surface area contributed by atoms with E-state index in [-0.39, 0.29) is 0 Å². The predicted molar refractivity (Wildman–Crippen MR) is 75.8 cm³/mol. The Morgan fingerprint density at radius 3 is 2.75 bits per heavy atom. The van der Waals surface area contributed by atoms with Gasteiger partial charge in [-0.15, -0.1) is 11.3 Å². The lowest BCUT2D eigenvalue weighted by atomic mass is 10.3. The highest BCUT2D eigenvalue weighted by Gasteiger charge is 2.14. The number of nitrogens with zero attached hydrogens (tertiary/aromatic N) is 2. The normalized spacial score (nSPS) is 11.3. The van der Waals surface area contributed by atoms with Gasteiger partial charge in [0.2, 0.25) is 0 Å².